The molecule has 1 aromatic rings. The SMILES string of the molecule is CC(C)C(=O)Nc1cccc(CNC(=O)NC[C@@H]2CC=CCC2)c1. The van der Waals surface area contributed by atoms with E-state index < -0.39 is 0 Å². The van der Waals surface area contributed by atoms with Gasteiger partial charge in [-0.15, -0.1) is 0 Å². The van der Waals surface area contributed by atoms with Gasteiger partial charge in [0.05, 0.1) is 0 Å². The van der Waals surface area contributed by atoms with Crippen LogP contribution in [-0.4, -0.2) is 18.5 Å². The van der Waals surface area contributed by atoms with E-state index in [0.717, 1.165) is 30.5 Å². The monoisotopic (exact) mass is 329 g/mol. The van der Waals surface area contributed by atoms with Gasteiger partial charge in [0.25, 0.3) is 0 Å². The number of allylic oxidation sites excluding steroid dienone is 2. The van der Waals surface area contributed by atoms with Gasteiger partial charge < -0.3 is 16.0 Å². The van der Waals surface area contributed by atoms with Gasteiger partial charge >= 0.3 is 6.03 Å². The molecule has 5 heteroatoms. The van der Waals surface area contributed by atoms with Gasteiger partial charge in [-0.25, -0.2) is 4.79 Å². The van der Waals surface area contributed by atoms with Crippen LogP contribution in [0.15, 0.2) is 36.4 Å². The minimum absolute atomic E-state index is 0.0145. The average Bonchev–Trinajstić information content (AvgIpc) is 2.59. The molecular formula is C19H27N3O2. The molecule has 0 aliphatic heterocycles. The zero-order valence-corrected chi connectivity index (χ0v) is 14.5. The summed E-state index contributed by atoms with van der Waals surface area (Å²) in [6, 6.07) is 7.38. The molecule has 5 nitrogen and oxygen atoms in total. The van der Waals surface area contributed by atoms with Crippen LogP contribution >= 0.6 is 0 Å². The molecule has 0 spiro atoms. The number of hydrogen-bond donors (Lipinski definition) is 3. The van der Waals surface area contributed by atoms with Crippen LogP contribution in [0.2, 0.25) is 0 Å². The maximum absolute atomic E-state index is 11.9. The summed E-state index contributed by atoms with van der Waals surface area (Å²) in [5.41, 5.74) is 1.70. The van der Waals surface area contributed by atoms with Crippen LogP contribution in [0.25, 0.3) is 0 Å². The first-order valence-corrected chi connectivity index (χ1v) is 8.61. The standard InChI is InChI=1S/C19H27N3O2/c1-14(2)18(23)22-17-10-6-9-16(11-17)13-21-19(24)20-12-15-7-4-3-5-8-15/h3-4,6,9-11,14-15H,5,7-8,12-13H2,1-2H3,(H,22,23)(H2,20,21,24)/t15-/m1/s1. The average molecular weight is 329 g/mol. The molecule has 24 heavy (non-hydrogen) atoms. The summed E-state index contributed by atoms with van der Waals surface area (Å²) >= 11 is 0. The molecule has 0 bridgehead atoms. The number of urea groups is 1. The largest absolute Gasteiger partial charge is 0.338 e. The lowest BCUT2D eigenvalue weighted by molar-refractivity contribution is -0.118. The summed E-state index contributed by atoms with van der Waals surface area (Å²) in [5, 5.41) is 8.66. The number of anilines is 1. The topological polar surface area (TPSA) is 70.2 Å². The number of rotatable bonds is 6. The van der Waals surface area contributed by atoms with E-state index >= 15 is 0 Å². The van der Waals surface area contributed by atoms with Crippen molar-refractivity contribution in [3.05, 3.63) is 42.0 Å². The third kappa shape index (κ3) is 6.07. The van der Waals surface area contributed by atoms with E-state index in [0.29, 0.717) is 19.0 Å². The quantitative estimate of drug-likeness (QED) is 0.700. The van der Waals surface area contributed by atoms with E-state index in [-0.39, 0.29) is 17.9 Å². The third-order valence-corrected chi connectivity index (χ3v) is 4.10. The Bertz CT molecular complexity index is 596. The van der Waals surface area contributed by atoms with Crippen molar-refractivity contribution in [3.8, 4) is 0 Å². The molecule has 0 aromatic heterocycles. The van der Waals surface area contributed by atoms with Gasteiger partial charge in [-0.2, -0.15) is 0 Å². The minimum Gasteiger partial charge on any atom is -0.338 e. The van der Waals surface area contributed by atoms with Crippen LogP contribution in [0.4, 0.5) is 10.5 Å². The molecule has 1 aliphatic carbocycles. The lowest BCUT2D eigenvalue weighted by Crippen LogP contribution is -2.38. The Morgan fingerprint density at radius 1 is 1.21 bits per heavy atom. The minimum atomic E-state index is -0.152. The van der Waals surface area contributed by atoms with Crippen LogP contribution in [0, 0.1) is 11.8 Å². The smallest absolute Gasteiger partial charge is 0.315 e. The highest BCUT2D eigenvalue weighted by Crippen LogP contribution is 2.16. The summed E-state index contributed by atoms with van der Waals surface area (Å²) in [5.74, 6) is 0.460. The van der Waals surface area contributed by atoms with Gasteiger partial charge in [0.15, 0.2) is 0 Å². The van der Waals surface area contributed by atoms with E-state index in [4.69, 9.17) is 0 Å². The maximum Gasteiger partial charge on any atom is 0.315 e. The Morgan fingerprint density at radius 2 is 2.04 bits per heavy atom. The van der Waals surface area contributed by atoms with Crippen LogP contribution in [0.5, 0.6) is 0 Å². The summed E-state index contributed by atoms with van der Waals surface area (Å²) in [7, 11) is 0. The van der Waals surface area contributed by atoms with E-state index in [1.807, 2.05) is 38.1 Å². The highest BCUT2D eigenvalue weighted by atomic mass is 16.2. The van der Waals surface area contributed by atoms with Gasteiger partial charge in [-0.3, -0.25) is 4.79 Å². The Hall–Kier alpha value is -2.30. The number of carbonyl (C=O) groups excluding carboxylic acids is 2. The Labute approximate surface area is 143 Å². The number of benzene rings is 1. The lowest BCUT2D eigenvalue weighted by Gasteiger charge is -2.18. The van der Waals surface area contributed by atoms with E-state index in [9.17, 15) is 9.59 Å². The number of amides is 3. The second kappa shape index (κ2) is 9.11. The van der Waals surface area contributed by atoms with Crippen LogP contribution in [0.1, 0.15) is 38.7 Å². The van der Waals surface area contributed by atoms with Crippen LogP contribution in [0.3, 0.4) is 0 Å². The Morgan fingerprint density at radius 3 is 2.75 bits per heavy atom. The van der Waals surface area contributed by atoms with E-state index in [1.165, 1.54) is 0 Å². The fourth-order valence-electron chi connectivity index (χ4n) is 2.57. The molecule has 0 unspecified atom stereocenters. The van der Waals surface area contributed by atoms with Gasteiger partial charge in [0.1, 0.15) is 0 Å². The molecule has 0 radical (unpaired) electrons. The Kier molecular flexibility index (Phi) is 6.85. The molecule has 0 fully saturated rings. The van der Waals surface area contributed by atoms with Crippen molar-refractivity contribution in [2.24, 2.45) is 11.8 Å². The predicted octanol–water partition coefficient (Wildman–Crippen LogP) is 3.44. The third-order valence-electron chi connectivity index (χ3n) is 4.10. The first-order chi connectivity index (χ1) is 11.5. The van der Waals surface area contributed by atoms with Crippen molar-refractivity contribution in [2.75, 3.05) is 11.9 Å². The zero-order valence-electron chi connectivity index (χ0n) is 14.5. The van der Waals surface area contributed by atoms with Crippen molar-refractivity contribution >= 4 is 17.6 Å². The second-order valence-corrected chi connectivity index (χ2v) is 6.56. The highest BCUT2D eigenvalue weighted by molar-refractivity contribution is 5.92. The summed E-state index contributed by atoms with van der Waals surface area (Å²) in [6.45, 7) is 4.85. The number of nitrogens with one attached hydrogen (secondary N) is 3. The Balaban J connectivity index is 1.75. The molecule has 0 saturated heterocycles. The summed E-state index contributed by atoms with van der Waals surface area (Å²) in [4.78, 5) is 23.6. The van der Waals surface area contributed by atoms with E-state index in [1.54, 1.807) is 0 Å². The molecule has 0 saturated carbocycles. The highest BCUT2D eigenvalue weighted by Gasteiger charge is 2.11. The molecule has 130 valence electrons. The first-order valence-electron chi connectivity index (χ1n) is 8.61. The van der Waals surface area contributed by atoms with Crippen molar-refractivity contribution in [1.29, 1.82) is 0 Å². The zero-order chi connectivity index (χ0) is 17.4. The van der Waals surface area contributed by atoms with Crippen molar-refractivity contribution in [2.45, 2.75) is 39.7 Å². The number of carbonyl (C=O) groups is 2. The summed E-state index contributed by atoms with van der Waals surface area (Å²) in [6.07, 6.45) is 7.65. The van der Waals surface area contributed by atoms with Crippen molar-refractivity contribution < 1.29 is 9.59 Å². The van der Waals surface area contributed by atoms with E-state index in [2.05, 4.69) is 28.1 Å². The molecular weight excluding hydrogens is 302 g/mol. The number of hydrogen-bond acceptors (Lipinski definition) is 2. The van der Waals surface area contributed by atoms with Gasteiger partial charge in [-0.1, -0.05) is 38.1 Å². The fraction of sp³-hybridized carbons (Fsp3) is 0.474. The summed E-state index contributed by atoms with van der Waals surface area (Å²) < 4.78 is 0. The van der Waals surface area contributed by atoms with Crippen LogP contribution < -0.4 is 16.0 Å². The van der Waals surface area contributed by atoms with Crippen LogP contribution in [-0.2, 0) is 11.3 Å². The normalized spacial score (nSPS) is 16.7. The molecule has 3 N–H and O–H groups in total. The first kappa shape index (κ1) is 18.0. The molecule has 1 aliphatic rings. The fourth-order valence-corrected chi connectivity index (χ4v) is 2.57. The van der Waals surface area contributed by atoms with Crippen molar-refractivity contribution in [3.63, 3.8) is 0 Å². The molecule has 0 heterocycles. The second-order valence-electron chi connectivity index (χ2n) is 6.56. The molecule has 3 amide bonds. The van der Waals surface area contributed by atoms with Gasteiger partial charge in [-0.05, 0) is 42.9 Å². The molecule has 1 aromatic carbocycles. The lowest BCUT2D eigenvalue weighted by atomic mass is 9.94. The molecule has 1 atom stereocenters. The van der Waals surface area contributed by atoms with Gasteiger partial charge in [0, 0.05) is 24.7 Å². The maximum atomic E-state index is 11.9. The van der Waals surface area contributed by atoms with Crippen molar-refractivity contribution in [1.82, 2.24) is 10.6 Å². The van der Waals surface area contributed by atoms with Gasteiger partial charge in [0.2, 0.25) is 5.91 Å². The molecule has 2 rings (SSSR count). The predicted molar refractivity (Wildman–Crippen MR) is 96.6 cm³/mol.